The summed E-state index contributed by atoms with van der Waals surface area (Å²) in [6, 6.07) is 16.1. The zero-order valence-corrected chi connectivity index (χ0v) is 19.6. The zero-order valence-electron chi connectivity index (χ0n) is 19.6. The van der Waals surface area contributed by atoms with Crippen molar-refractivity contribution in [2.24, 2.45) is 0 Å². The van der Waals surface area contributed by atoms with Crippen molar-refractivity contribution in [1.82, 2.24) is 4.90 Å². The molecular weight excluding hydrogens is 388 g/mol. The van der Waals surface area contributed by atoms with E-state index < -0.39 is 5.92 Å². The van der Waals surface area contributed by atoms with Crippen LogP contribution in [0.25, 0.3) is 0 Å². The van der Waals surface area contributed by atoms with Gasteiger partial charge >= 0.3 is 0 Å². The first kappa shape index (κ1) is 23.9. The molecule has 31 heavy (non-hydrogen) atoms. The molecule has 0 bridgehead atoms. The van der Waals surface area contributed by atoms with Gasteiger partial charge in [0.25, 0.3) is 5.92 Å². The standard InChI is InChI=1S/C28H39F2N/c1-4-27(2,18-21-31-19-7-8-20-31)25-16-14-23(15-17-25)10-5-6-11-24-12-9-13-26(22-24)28(3,29)30/h9,12-17,22H,4-8,10-11,18-21H2,1-3H3. The summed E-state index contributed by atoms with van der Waals surface area (Å²) >= 11 is 0. The summed E-state index contributed by atoms with van der Waals surface area (Å²) in [7, 11) is 0. The second kappa shape index (κ2) is 10.7. The van der Waals surface area contributed by atoms with Crippen LogP contribution in [0.4, 0.5) is 8.78 Å². The van der Waals surface area contributed by atoms with E-state index in [1.54, 1.807) is 12.1 Å². The van der Waals surface area contributed by atoms with Crippen molar-refractivity contribution in [3.05, 3.63) is 70.8 Å². The summed E-state index contributed by atoms with van der Waals surface area (Å²) < 4.78 is 27.0. The molecule has 0 saturated carbocycles. The smallest absolute Gasteiger partial charge is 0.270 e. The van der Waals surface area contributed by atoms with Crippen molar-refractivity contribution in [3.8, 4) is 0 Å². The first-order chi connectivity index (χ1) is 14.8. The maximum Gasteiger partial charge on any atom is 0.270 e. The van der Waals surface area contributed by atoms with Gasteiger partial charge in [-0.25, -0.2) is 8.78 Å². The Kier molecular flexibility index (Phi) is 8.27. The number of hydrogen-bond donors (Lipinski definition) is 0. The van der Waals surface area contributed by atoms with Crippen molar-refractivity contribution in [2.45, 2.75) is 83.5 Å². The molecular formula is C28H39F2N. The number of likely N-dealkylation sites (tertiary alicyclic amines) is 1. The van der Waals surface area contributed by atoms with E-state index in [2.05, 4.69) is 43.0 Å². The average molecular weight is 428 g/mol. The van der Waals surface area contributed by atoms with E-state index in [9.17, 15) is 8.78 Å². The highest BCUT2D eigenvalue weighted by Crippen LogP contribution is 2.32. The summed E-state index contributed by atoms with van der Waals surface area (Å²) in [6.45, 7) is 9.42. The molecule has 0 spiro atoms. The molecule has 1 atom stereocenters. The molecule has 1 saturated heterocycles. The van der Waals surface area contributed by atoms with Gasteiger partial charge in [0.1, 0.15) is 0 Å². The molecule has 1 aliphatic rings. The Labute approximate surface area is 187 Å². The third-order valence-electron chi connectivity index (χ3n) is 7.22. The second-order valence-electron chi connectivity index (χ2n) is 9.71. The summed E-state index contributed by atoms with van der Waals surface area (Å²) in [6.07, 6.45) is 9.08. The van der Waals surface area contributed by atoms with Gasteiger partial charge in [0.2, 0.25) is 0 Å². The van der Waals surface area contributed by atoms with E-state index >= 15 is 0 Å². The van der Waals surface area contributed by atoms with Crippen LogP contribution in [0.1, 0.15) is 81.5 Å². The Hall–Kier alpha value is -1.74. The molecule has 170 valence electrons. The molecule has 0 N–H and O–H groups in total. The summed E-state index contributed by atoms with van der Waals surface area (Å²) in [5, 5.41) is 0. The van der Waals surface area contributed by atoms with Crippen LogP contribution in [0, 0.1) is 0 Å². The zero-order chi connectivity index (χ0) is 22.3. The van der Waals surface area contributed by atoms with Crippen molar-refractivity contribution in [1.29, 1.82) is 0 Å². The lowest BCUT2D eigenvalue weighted by Crippen LogP contribution is -2.29. The molecule has 3 rings (SSSR count). The van der Waals surface area contributed by atoms with Crippen LogP contribution >= 0.6 is 0 Å². The number of benzene rings is 2. The number of unbranched alkanes of at least 4 members (excludes halogenated alkanes) is 1. The number of hydrogen-bond acceptors (Lipinski definition) is 1. The van der Waals surface area contributed by atoms with E-state index in [0.29, 0.717) is 0 Å². The Morgan fingerprint density at radius 2 is 1.48 bits per heavy atom. The van der Waals surface area contributed by atoms with Crippen LogP contribution in [0.2, 0.25) is 0 Å². The van der Waals surface area contributed by atoms with Crippen LogP contribution in [0.15, 0.2) is 48.5 Å². The second-order valence-corrected chi connectivity index (χ2v) is 9.71. The van der Waals surface area contributed by atoms with Crippen LogP contribution in [0.5, 0.6) is 0 Å². The van der Waals surface area contributed by atoms with Gasteiger partial charge in [-0.15, -0.1) is 0 Å². The first-order valence-electron chi connectivity index (χ1n) is 12.1. The Morgan fingerprint density at radius 1 is 0.839 bits per heavy atom. The molecule has 0 radical (unpaired) electrons. The van der Waals surface area contributed by atoms with Gasteiger partial charge < -0.3 is 4.90 Å². The van der Waals surface area contributed by atoms with Crippen LogP contribution in [-0.4, -0.2) is 24.5 Å². The van der Waals surface area contributed by atoms with E-state index in [-0.39, 0.29) is 11.0 Å². The van der Waals surface area contributed by atoms with Gasteiger partial charge in [-0.1, -0.05) is 56.3 Å². The largest absolute Gasteiger partial charge is 0.303 e. The fraction of sp³-hybridized carbons (Fsp3) is 0.571. The highest BCUT2D eigenvalue weighted by atomic mass is 19.3. The van der Waals surface area contributed by atoms with Crippen LogP contribution in [-0.2, 0) is 24.2 Å². The lowest BCUT2D eigenvalue weighted by atomic mass is 9.77. The summed E-state index contributed by atoms with van der Waals surface area (Å²) in [5.41, 5.74) is 4.19. The molecule has 1 unspecified atom stereocenters. The van der Waals surface area contributed by atoms with Crippen molar-refractivity contribution in [3.63, 3.8) is 0 Å². The molecule has 2 aromatic carbocycles. The minimum atomic E-state index is -2.76. The predicted molar refractivity (Wildman–Crippen MR) is 127 cm³/mol. The SMILES string of the molecule is CCC(C)(CCN1CCCC1)c1ccc(CCCCc2cccc(C(C)(F)F)c2)cc1. The monoisotopic (exact) mass is 427 g/mol. The average Bonchev–Trinajstić information content (AvgIpc) is 3.29. The van der Waals surface area contributed by atoms with Crippen LogP contribution < -0.4 is 0 Å². The van der Waals surface area contributed by atoms with Gasteiger partial charge in [0.05, 0.1) is 0 Å². The molecule has 1 fully saturated rings. The van der Waals surface area contributed by atoms with Crippen LogP contribution in [0.3, 0.4) is 0 Å². The third-order valence-corrected chi connectivity index (χ3v) is 7.22. The molecule has 0 aromatic heterocycles. The maximum absolute atomic E-state index is 13.5. The van der Waals surface area contributed by atoms with Gasteiger partial charge in [-0.05, 0) is 99.2 Å². The number of halogens is 2. The van der Waals surface area contributed by atoms with Gasteiger partial charge in [0.15, 0.2) is 0 Å². The quantitative estimate of drug-likeness (QED) is 0.335. The number of aryl methyl sites for hydroxylation is 2. The minimum Gasteiger partial charge on any atom is -0.303 e. The van der Waals surface area contributed by atoms with Crippen molar-refractivity contribution < 1.29 is 8.78 Å². The highest BCUT2D eigenvalue weighted by Gasteiger charge is 2.26. The number of rotatable bonds is 11. The van der Waals surface area contributed by atoms with Gasteiger partial charge in [-0.2, -0.15) is 0 Å². The Bertz CT molecular complexity index is 803. The van der Waals surface area contributed by atoms with Gasteiger partial charge in [-0.3, -0.25) is 0 Å². The molecule has 3 heteroatoms. The molecule has 1 nitrogen and oxygen atoms in total. The van der Waals surface area contributed by atoms with E-state index in [1.165, 1.54) is 56.1 Å². The van der Waals surface area contributed by atoms with E-state index in [0.717, 1.165) is 44.6 Å². The minimum absolute atomic E-state index is 0.115. The van der Waals surface area contributed by atoms with E-state index in [1.807, 2.05) is 6.07 Å². The van der Waals surface area contributed by atoms with Crippen molar-refractivity contribution >= 4 is 0 Å². The van der Waals surface area contributed by atoms with Crippen molar-refractivity contribution in [2.75, 3.05) is 19.6 Å². The summed E-state index contributed by atoms with van der Waals surface area (Å²) in [5.74, 6) is -2.76. The number of alkyl halides is 2. The number of nitrogens with zero attached hydrogens (tertiary/aromatic N) is 1. The molecule has 0 aliphatic carbocycles. The van der Waals surface area contributed by atoms with Gasteiger partial charge in [0, 0.05) is 12.5 Å². The molecule has 1 aliphatic heterocycles. The maximum atomic E-state index is 13.5. The normalized spacial score (nSPS) is 17.1. The molecule has 1 heterocycles. The highest BCUT2D eigenvalue weighted by molar-refractivity contribution is 5.29. The fourth-order valence-corrected chi connectivity index (χ4v) is 4.67. The fourth-order valence-electron chi connectivity index (χ4n) is 4.67. The first-order valence-corrected chi connectivity index (χ1v) is 12.1. The molecule has 0 amide bonds. The third kappa shape index (κ3) is 6.87. The summed E-state index contributed by atoms with van der Waals surface area (Å²) in [4.78, 5) is 2.61. The van der Waals surface area contributed by atoms with E-state index in [4.69, 9.17) is 0 Å². The lowest BCUT2D eigenvalue weighted by Gasteiger charge is -2.31. The topological polar surface area (TPSA) is 3.24 Å². The Balaban J connectivity index is 1.47. The Morgan fingerprint density at radius 3 is 2.10 bits per heavy atom. The lowest BCUT2D eigenvalue weighted by molar-refractivity contribution is 0.0174. The predicted octanol–water partition coefficient (Wildman–Crippen LogP) is 7.52. The molecule has 2 aromatic rings.